The SMILES string of the molecule is CC=Cc1ccc(OCCC[NH2+]C[C@@H](C)O)c(OC)c1. The molecule has 112 valence electrons. The predicted molar refractivity (Wildman–Crippen MR) is 81.2 cm³/mol. The molecule has 0 spiro atoms. The maximum atomic E-state index is 9.14. The van der Waals surface area contributed by atoms with Gasteiger partial charge in [-0.05, 0) is 31.5 Å². The zero-order valence-corrected chi connectivity index (χ0v) is 12.6. The molecule has 4 nitrogen and oxygen atoms in total. The van der Waals surface area contributed by atoms with Gasteiger partial charge in [0.2, 0.25) is 0 Å². The minimum atomic E-state index is -0.254. The topological polar surface area (TPSA) is 55.3 Å². The molecule has 0 heterocycles. The van der Waals surface area contributed by atoms with Crippen molar-refractivity contribution >= 4 is 6.08 Å². The van der Waals surface area contributed by atoms with E-state index in [1.54, 1.807) is 14.0 Å². The van der Waals surface area contributed by atoms with E-state index in [9.17, 15) is 0 Å². The molecular formula is C16H26NO3+. The number of aliphatic hydroxyl groups excluding tert-OH is 1. The Bertz CT molecular complexity index is 416. The monoisotopic (exact) mass is 280 g/mol. The van der Waals surface area contributed by atoms with Gasteiger partial charge in [-0.15, -0.1) is 0 Å². The third kappa shape index (κ3) is 6.08. The van der Waals surface area contributed by atoms with Crippen LogP contribution in [-0.4, -0.2) is 38.0 Å². The van der Waals surface area contributed by atoms with Crippen LogP contribution in [-0.2, 0) is 0 Å². The fraction of sp³-hybridized carbons (Fsp3) is 0.500. The van der Waals surface area contributed by atoms with E-state index < -0.39 is 0 Å². The number of aliphatic hydroxyl groups is 1. The second kappa shape index (κ2) is 9.39. The van der Waals surface area contributed by atoms with Crippen molar-refractivity contribution in [2.45, 2.75) is 26.4 Å². The first kappa shape index (κ1) is 16.5. The Morgan fingerprint density at radius 1 is 1.35 bits per heavy atom. The van der Waals surface area contributed by atoms with Crippen molar-refractivity contribution < 1.29 is 19.9 Å². The summed E-state index contributed by atoms with van der Waals surface area (Å²) in [7, 11) is 1.65. The van der Waals surface area contributed by atoms with Crippen molar-refractivity contribution in [3.63, 3.8) is 0 Å². The number of quaternary nitrogens is 1. The molecule has 0 radical (unpaired) electrons. The lowest BCUT2D eigenvalue weighted by molar-refractivity contribution is -0.660. The lowest BCUT2D eigenvalue weighted by Crippen LogP contribution is -2.86. The molecule has 1 aromatic carbocycles. The zero-order chi connectivity index (χ0) is 14.8. The lowest BCUT2D eigenvalue weighted by atomic mass is 10.2. The van der Waals surface area contributed by atoms with Gasteiger partial charge in [-0.1, -0.05) is 18.2 Å². The van der Waals surface area contributed by atoms with Crippen LogP contribution < -0.4 is 14.8 Å². The molecule has 1 rings (SSSR count). The van der Waals surface area contributed by atoms with Crippen molar-refractivity contribution in [2.24, 2.45) is 0 Å². The summed E-state index contributed by atoms with van der Waals surface area (Å²) in [6.45, 7) is 6.12. The molecule has 0 aromatic heterocycles. The Morgan fingerprint density at radius 3 is 2.80 bits per heavy atom. The number of benzene rings is 1. The summed E-state index contributed by atoms with van der Waals surface area (Å²) in [5, 5.41) is 11.2. The summed E-state index contributed by atoms with van der Waals surface area (Å²) in [5.41, 5.74) is 1.10. The maximum absolute atomic E-state index is 9.14. The van der Waals surface area contributed by atoms with E-state index in [4.69, 9.17) is 14.6 Å². The molecule has 0 aliphatic carbocycles. The van der Waals surface area contributed by atoms with Crippen LogP contribution in [0.15, 0.2) is 24.3 Å². The molecule has 0 aliphatic heterocycles. The Balaban J connectivity index is 2.39. The highest BCUT2D eigenvalue weighted by Crippen LogP contribution is 2.28. The molecule has 1 aromatic rings. The molecule has 0 saturated carbocycles. The highest BCUT2D eigenvalue weighted by molar-refractivity contribution is 5.55. The summed E-state index contributed by atoms with van der Waals surface area (Å²) < 4.78 is 11.1. The molecule has 20 heavy (non-hydrogen) atoms. The number of hydrogen-bond acceptors (Lipinski definition) is 3. The highest BCUT2D eigenvalue weighted by Gasteiger charge is 2.05. The van der Waals surface area contributed by atoms with E-state index in [1.165, 1.54) is 0 Å². The van der Waals surface area contributed by atoms with Crippen LogP contribution in [0.3, 0.4) is 0 Å². The molecule has 4 heteroatoms. The van der Waals surface area contributed by atoms with Crippen LogP contribution in [0.5, 0.6) is 11.5 Å². The average molecular weight is 280 g/mol. The van der Waals surface area contributed by atoms with Gasteiger partial charge in [-0.3, -0.25) is 0 Å². The van der Waals surface area contributed by atoms with E-state index >= 15 is 0 Å². The molecule has 0 unspecified atom stereocenters. The third-order valence-electron chi connectivity index (χ3n) is 2.86. The summed E-state index contributed by atoms with van der Waals surface area (Å²) in [5.74, 6) is 1.53. The van der Waals surface area contributed by atoms with Crippen LogP contribution in [0.1, 0.15) is 25.8 Å². The Kier molecular flexibility index (Phi) is 7.77. The van der Waals surface area contributed by atoms with E-state index in [-0.39, 0.29) is 6.10 Å². The van der Waals surface area contributed by atoms with Crippen molar-refractivity contribution in [2.75, 3.05) is 26.8 Å². The lowest BCUT2D eigenvalue weighted by Gasteiger charge is -2.11. The third-order valence-corrected chi connectivity index (χ3v) is 2.86. The Morgan fingerprint density at radius 2 is 2.15 bits per heavy atom. The summed E-state index contributed by atoms with van der Waals surface area (Å²) in [6, 6.07) is 5.92. The van der Waals surface area contributed by atoms with Gasteiger partial charge in [-0.25, -0.2) is 0 Å². The van der Waals surface area contributed by atoms with E-state index in [1.807, 2.05) is 37.3 Å². The second-order valence-electron chi connectivity index (χ2n) is 4.77. The second-order valence-corrected chi connectivity index (χ2v) is 4.77. The van der Waals surface area contributed by atoms with E-state index in [2.05, 4.69) is 5.32 Å². The van der Waals surface area contributed by atoms with Crippen LogP contribution in [0.25, 0.3) is 6.08 Å². The number of hydrogen-bond donors (Lipinski definition) is 2. The number of rotatable bonds is 9. The summed E-state index contributed by atoms with van der Waals surface area (Å²) in [4.78, 5) is 0. The fourth-order valence-electron chi connectivity index (χ4n) is 1.87. The summed E-state index contributed by atoms with van der Waals surface area (Å²) >= 11 is 0. The van der Waals surface area contributed by atoms with Gasteiger partial charge in [0.25, 0.3) is 0 Å². The number of nitrogens with two attached hydrogens (primary N) is 1. The molecular weight excluding hydrogens is 254 g/mol. The van der Waals surface area contributed by atoms with Gasteiger partial charge in [0, 0.05) is 6.42 Å². The number of allylic oxidation sites excluding steroid dienone is 1. The fourth-order valence-corrected chi connectivity index (χ4v) is 1.87. The van der Waals surface area contributed by atoms with Gasteiger partial charge in [0.15, 0.2) is 11.5 Å². The summed E-state index contributed by atoms with van der Waals surface area (Å²) in [6.07, 6.45) is 4.70. The Hall–Kier alpha value is -1.52. The highest BCUT2D eigenvalue weighted by atomic mass is 16.5. The molecule has 1 atom stereocenters. The van der Waals surface area contributed by atoms with Crippen molar-refractivity contribution in [1.82, 2.24) is 0 Å². The first-order valence-electron chi connectivity index (χ1n) is 7.10. The molecule has 3 N–H and O–H groups in total. The number of methoxy groups -OCH3 is 1. The molecule has 0 saturated heterocycles. The maximum Gasteiger partial charge on any atom is 0.161 e. The predicted octanol–water partition coefficient (Wildman–Crippen LogP) is 1.44. The van der Waals surface area contributed by atoms with Gasteiger partial charge in [0.05, 0.1) is 26.4 Å². The van der Waals surface area contributed by atoms with Crippen LogP contribution >= 0.6 is 0 Å². The van der Waals surface area contributed by atoms with E-state index in [0.29, 0.717) is 6.61 Å². The number of ether oxygens (including phenoxy) is 2. The minimum absolute atomic E-state index is 0.254. The van der Waals surface area contributed by atoms with Crippen molar-refractivity contribution in [3.05, 3.63) is 29.8 Å². The first-order chi connectivity index (χ1) is 9.67. The van der Waals surface area contributed by atoms with Crippen molar-refractivity contribution in [3.8, 4) is 11.5 Å². The minimum Gasteiger partial charge on any atom is -0.493 e. The molecule has 0 amide bonds. The molecule has 0 aliphatic rings. The van der Waals surface area contributed by atoms with E-state index in [0.717, 1.165) is 36.6 Å². The van der Waals surface area contributed by atoms with Crippen molar-refractivity contribution in [1.29, 1.82) is 0 Å². The van der Waals surface area contributed by atoms with Gasteiger partial charge < -0.3 is 19.9 Å². The molecule has 0 fully saturated rings. The molecule has 0 bridgehead atoms. The first-order valence-corrected chi connectivity index (χ1v) is 7.10. The van der Waals surface area contributed by atoms with Gasteiger partial charge in [-0.2, -0.15) is 0 Å². The standard InChI is InChI=1S/C16H25NO3/c1-4-6-14-7-8-15(16(11-14)19-3)20-10-5-9-17-12-13(2)18/h4,6-8,11,13,17-18H,5,9-10,12H2,1-3H3/p+1/t13-/m1/s1. The van der Waals surface area contributed by atoms with Crippen LogP contribution in [0.2, 0.25) is 0 Å². The average Bonchev–Trinajstić information content (AvgIpc) is 2.43. The van der Waals surface area contributed by atoms with Gasteiger partial charge in [0.1, 0.15) is 6.54 Å². The normalized spacial score (nSPS) is 12.6. The largest absolute Gasteiger partial charge is 0.493 e. The quantitative estimate of drug-likeness (QED) is 0.673. The smallest absolute Gasteiger partial charge is 0.161 e. The Labute approximate surface area is 121 Å². The van der Waals surface area contributed by atoms with Gasteiger partial charge >= 0.3 is 0 Å². The zero-order valence-electron chi connectivity index (χ0n) is 12.6. The van der Waals surface area contributed by atoms with Crippen LogP contribution in [0.4, 0.5) is 0 Å². The van der Waals surface area contributed by atoms with Crippen LogP contribution in [0, 0.1) is 0 Å².